The topological polar surface area (TPSA) is 202 Å². The van der Waals surface area contributed by atoms with Crippen LogP contribution in [0, 0.1) is 17.8 Å². The third-order valence-corrected chi connectivity index (χ3v) is 10.7. The van der Waals surface area contributed by atoms with Crippen molar-refractivity contribution in [2.24, 2.45) is 17.8 Å². The third-order valence-electron chi connectivity index (χ3n) is 10.7. The minimum absolute atomic E-state index is 0.0144. The molecule has 8 atom stereocenters. The van der Waals surface area contributed by atoms with Gasteiger partial charge in [-0.25, -0.2) is 25.7 Å². The van der Waals surface area contributed by atoms with Crippen molar-refractivity contribution < 1.29 is 54.2 Å². The maximum Gasteiger partial charge on any atom is 0.358 e. The molecule has 2 heterocycles. The van der Waals surface area contributed by atoms with Crippen LogP contribution in [0.5, 0.6) is 0 Å². The highest BCUT2D eigenvalue weighted by Crippen LogP contribution is 2.52. The van der Waals surface area contributed by atoms with Crippen molar-refractivity contribution in [1.82, 2.24) is 25.7 Å². The monoisotopic (exact) mass is 689 g/mol. The highest BCUT2D eigenvalue weighted by atomic mass is 19.3. The Morgan fingerprint density at radius 2 is 1.69 bits per heavy atom. The van der Waals surface area contributed by atoms with Crippen LogP contribution in [0.2, 0.25) is 0 Å². The number of alkyl halides is 2. The number of hydroxylamine groups is 1. The van der Waals surface area contributed by atoms with E-state index in [0.29, 0.717) is 12.8 Å². The molecule has 1 saturated carbocycles. The van der Waals surface area contributed by atoms with E-state index in [9.17, 15) is 49.3 Å². The van der Waals surface area contributed by atoms with Crippen molar-refractivity contribution in [3.05, 3.63) is 35.9 Å². The smallest absolute Gasteiger partial charge is 0.358 e. The molecule has 3 aliphatic rings. The molecule has 9 N–H and O–H groups in total. The molecule has 2 saturated heterocycles. The molecule has 4 rings (SSSR count). The summed E-state index contributed by atoms with van der Waals surface area (Å²) in [6.07, 6.45) is -0.153. The summed E-state index contributed by atoms with van der Waals surface area (Å²) in [4.78, 5) is 23.1. The van der Waals surface area contributed by atoms with Gasteiger partial charge in [0, 0.05) is 38.0 Å². The fourth-order valence-electron chi connectivity index (χ4n) is 7.60. The van der Waals surface area contributed by atoms with Crippen LogP contribution in [0.25, 0.3) is 0 Å². The summed E-state index contributed by atoms with van der Waals surface area (Å²) >= 11 is 0. The highest BCUT2D eigenvalue weighted by molar-refractivity contribution is 5.79. The molecule has 8 unspecified atom stereocenters. The summed E-state index contributed by atoms with van der Waals surface area (Å²) < 4.78 is 28.9. The Morgan fingerprint density at radius 3 is 2.27 bits per heavy atom. The number of aliphatic hydroxyl groups is 7. The number of amides is 1. The number of hydrazine groups is 1. The van der Waals surface area contributed by atoms with Gasteiger partial charge in [0.15, 0.2) is 0 Å². The van der Waals surface area contributed by atoms with Crippen LogP contribution in [0.1, 0.15) is 72.8 Å². The molecule has 0 bridgehead atoms. The molecule has 1 aliphatic carbocycles. The number of nitrogens with zero attached hydrogens (tertiary/aromatic N) is 3. The lowest BCUT2D eigenvalue weighted by Crippen LogP contribution is -2.80. The molecule has 1 aromatic carbocycles. The van der Waals surface area contributed by atoms with E-state index in [1.807, 2.05) is 56.7 Å². The Labute approximate surface area is 279 Å². The van der Waals surface area contributed by atoms with E-state index in [1.165, 1.54) is 0 Å². The zero-order valence-electron chi connectivity index (χ0n) is 28.6. The summed E-state index contributed by atoms with van der Waals surface area (Å²) in [5, 5.41) is 74.9. The molecule has 3 fully saturated rings. The van der Waals surface area contributed by atoms with E-state index >= 15 is 0 Å². The van der Waals surface area contributed by atoms with Gasteiger partial charge in [-0.15, -0.1) is 0 Å². The summed E-state index contributed by atoms with van der Waals surface area (Å²) in [7, 11) is 1.98. The van der Waals surface area contributed by atoms with Gasteiger partial charge in [-0.3, -0.25) is 9.69 Å². The van der Waals surface area contributed by atoms with E-state index in [-0.39, 0.29) is 55.1 Å². The van der Waals surface area contributed by atoms with Gasteiger partial charge < -0.3 is 35.7 Å². The molecule has 0 aromatic heterocycles. The van der Waals surface area contributed by atoms with E-state index in [2.05, 4.69) is 43.0 Å². The molecule has 274 valence electrons. The van der Waals surface area contributed by atoms with Crippen LogP contribution in [0.4, 0.5) is 8.78 Å². The zero-order valence-corrected chi connectivity index (χ0v) is 28.6. The average molecular weight is 690 g/mol. The Morgan fingerprint density at radius 1 is 1.08 bits per heavy atom. The number of benzene rings is 1. The maximum absolute atomic E-state index is 14.4. The Kier molecular flexibility index (Phi) is 11.1. The number of aryl methyl sites for hydroxylation is 1. The zero-order chi connectivity index (χ0) is 36.2. The maximum atomic E-state index is 14.4. The molecule has 1 amide bonds. The Balaban J connectivity index is 1.63. The molecule has 48 heavy (non-hydrogen) atoms. The predicted octanol–water partition coefficient (Wildman–Crippen LogP) is -0.0314. The summed E-state index contributed by atoms with van der Waals surface area (Å²) in [5.74, 6) is -24.7. The van der Waals surface area contributed by atoms with Crippen molar-refractivity contribution in [3.63, 3.8) is 0 Å². The average Bonchev–Trinajstić information content (AvgIpc) is 3.46. The first-order valence-corrected chi connectivity index (χ1v) is 16.5. The molecule has 0 radical (unpaired) electrons. The molecule has 16 heteroatoms. The number of likely N-dealkylation sites (tertiary alicyclic amines) is 1. The summed E-state index contributed by atoms with van der Waals surface area (Å²) in [6.45, 7) is 12.4. The van der Waals surface area contributed by atoms with E-state index in [4.69, 9.17) is 4.84 Å². The minimum Gasteiger partial charge on any atom is -0.361 e. The SMILES string of the molecule is CC(C)C1NN(C)C(C)N1C(C)CC1CC(C)C(C)N1C(O)(CCc1ccccc1)ONC(=O)C1CC(O)(O)C(F)(F)C(O)(O)C1(O)O. The number of carbonyl (C=O) groups is 1. The first-order valence-electron chi connectivity index (χ1n) is 16.5. The van der Waals surface area contributed by atoms with Gasteiger partial charge in [-0.1, -0.05) is 51.1 Å². The van der Waals surface area contributed by atoms with E-state index < -0.39 is 47.4 Å². The van der Waals surface area contributed by atoms with Crippen molar-refractivity contribution in [2.75, 3.05) is 7.05 Å². The van der Waals surface area contributed by atoms with Crippen LogP contribution >= 0.6 is 0 Å². The van der Waals surface area contributed by atoms with Gasteiger partial charge in [-0.2, -0.15) is 8.78 Å². The van der Waals surface area contributed by atoms with Gasteiger partial charge in [0.25, 0.3) is 17.6 Å². The van der Waals surface area contributed by atoms with Crippen LogP contribution in [-0.2, 0) is 16.1 Å². The number of carbonyl (C=O) groups excluding carboxylic acids is 1. The fraction of sp³-hybridized carbons (Fsp3) is 0.781. The van der Waals surface area contributed by atoms with Crippen molar-refractivity contribution in [3.8, 4) is 0 Å². The summed E-state index contributed by atoms with van der Waals surface area (Å²) in [6, 6.07) is 8.62. The molecular formula is C32H53F2N5O9. The van der Waals surface area contributed by atoms with Crippen LogP contribution in [0.15, 0.2) is 30.3 Å². The van der Waals surface area contributed by atoms with Gasteiger partial charge >= 0.3 is 5.92 Å². The van der Waals surface area contributed by atoms with Crippen molar-refractivity contribution in [2.45, 2.75) is 133 Å². The highest BCUT2D eigenvalue weighted by Gasteiger charge is 2.80. The second kappa shape index (κ2) is 13.7. The van der Waals surface area contributed by atoms with Crippen molar-refractivity contribution >= 4 is 5.91 Å². The molecule has 14 nitrogen and oxygen atoms in total. The number of nitrogens with one attached hydrogen (secondary N) is 2. The Hall–Kier alpha value is -1.93. The van der Waals surface area contributed by atoms with Crippen molar-refractivity contribution in [1.29, 1.82) is 0 Å². The minimum atomic E-state index is -5.27. The normalized spacial score (nSPS) is 33.9. The second-order valence-corrected chi connectivity index (χ2v) is 14.5. The molecule has 2 aliphatic heterocycles. The van der Waals surface area contributed by atoms with Crippen LogP contribution in [0.3, 0.4) is 0 Å². The first-order chi connectivity index (χ1) is 22.0. The lowest BCUT2D eigenvalue weighted by Gasteiger charge is -2.52. The van der Waals surface area contributed by atoms with Gasteiger partial charge in [-0.05, 0) is 57.4 Å². The molecular weight excluding hydrogens is 636 g/mol. The van der Waals surface area contributed by atoms with Gasteiger partial charge in [0.05, 0.1) is 12.3 Å². The standard InChI is InChI=1S/C32H53F2N5O9/c1-18(2)26-35-37(7)22(6)38(26)20(4)16-24-15-19(3)21(5)39(24)29(43,14-13-23-11-9-8-10-12-23)48-36-27(40)25-17-28(41,42)31(33,34)32(46,47)30(25,44)45/h8-12,18-22,24-26,35,41-47H,13-17H2,1-7H3,(H,36,40). The number of halogens is 2. The second-order valence-electron chi connectivity index (χ2n) is 14.5. The number of hydrogen-bond donors (Lipinski definition) is 9. The van der Waals surface area contributed by atoms with E-state index in [0.717, 1.165) is 5.56 Å². The van der Waals surface area contributed by atoms with Crippen LogP contribution in [-0.4, -0.2) is 123 Å². The summed E-state index contributed by atoms with van der Waals surface area (Å²) in [5.41, 5.74) is 6.24. The predicted molar refractivity (Wildman–Crippen MR) is 167 cm³/mol. The lowest BCUT2D eigenvalue weighted by molar-refractivity contribution is -0.501. The third kappa shape index (κ3) is 6.75. The largest absolute Gasteiger partial charge is 0.361 e. The van der Waals surface area contributed by atoms with Gasteiger partial charge in [0.2, 0.25) is 11.6 Å². The fourth-order valence-corrected chi connectivity index (χ4v) is 7.60. The van der Waals surface area contributed by atoms with Gasteiger partial charge in [0.1, 0.15) is 5.92 Å². The number of hydrogen-bond acceptors (Lipinski definition) is 13. The molecule has 0 spiro atoms. The Bertz CT molecular complexity index is 1280. The quantitative estimate of drug-likeness (QED) is 0.111. The number of rotatable bonds is 11. The van der Waals surface area contributed by atoms with E-state index in [1.54, 1.807) is 4.90 Å². The van der Waals surface area contributed by atoms with Crippen LogP contribution < -0.4 is 10.9 Å². The first kappa shape index (κ1) is 38.9. The molecule has 1 aromatic rings. The lowest BCUT2D eigenvalue weighted by atomic mass is 9.72.